The van der Waals surface area contributed by atoms with Gasteiger partial charge in [0, 0.05) is 39.4 Å². The number of imidazole rings is 1. The van der Waals surface area contributed by atoms with E-state index in [1.165, 1.54) is 49.7 Å². The Hall–Kier alpha value is -7.75. The van der Waals surface area contributed by atoms with Crippen LogP contribution in [0.2, 0.25) is 0 Å². The Kier molecular flexibility index (Phi) is 10.1. The third-order valence-electron chi connectivity index (χ3n) is 11.7. The Labute approximate surface area is 364 Å². The van der Waals surface area contributed by atoms with E-state index in [1.807, 2.05) is 0 Å². The number of aryl methyl sites for hydroxylation is 4. The fourth-order valence-corrected chi connectivity index (χ4v) is 9.12. The van der Waals surface area contributed by atoms with Gasteiger partial charge in [-0.15, -0.1) is 0 Å². The number of nitrogens with zero attached hydrogens (tertiary/aromatic N) is 3. The Morgan fingerprint density at radius 2 is 0.823 bits per heavy atom. The van der Waals surface area contributed by atoms with Gasteiger partial charge >= 0.3 is 0 Å². The van der Waals surface area contributed by atoms with E-state index < -0.39 is 0 Å². The molecule has 3 nitrogen and oxygen atoms in total. The molecular weight excluding hydrogens is 751 g/mol. The third kappa shape index (κ3) is 7.39. The maximum atomic E-state index is 5.71. The molecule has 0 saturated heterocycles. The van der Waals surface area contributed by atoms with E-state index in [1.54, 1.807) is 0 Å². The van der Waals surface area contributed by atoms with Crippen LogP contribution < -0.4 is 4.90 Å². The SMILES string of the molecule is Cc1cc(C)cc(-c2c3ccccc3c(-c3cc(C)cc(C)c3)c3c2nc(-c2ccc(C=Cc4ccc(N(c5ccccc5)c5ccccc5)cc4)cc2)n3-c2ccccc2)c1. The highest BCUT2D eigenvalue weighted by atomic mass is 15.1. The number of aromatic nitrogens is 2. The summed E-state index contributed by atoms with van der Waals surface area (Å²) in [5, 5.41) is 2.41. The molecule has 0 bridgehead atoms. The number of anilines is 3. The minimum absolute atomic E-state index is 0.908. The Morgan fingerprint density at radius 3 is 1.34 bits per heavy atom. The fraction of sp³-hybridized carbons (Fsp3) is 0.0678. The van der Waals surface area contributed by atoms with Gasteiger partial charge in [0.2, 0.25) is 0 Å². The molecule has 1 heterocycles. The molecule has 1 aromatic heterocycles. The number of para-hydroxylation sites is 3. The van der Waals surface area contributed by atoms with Crippen LogP contribution in [-0.4, -0.2) is 9.55 Å². The van der Waals surface area contributed by atoms with Gasteiger partial charge in [-0.25, -0.2) is 4.98 Å². The van der Waals surface area contributed by atoms with Crippen LogP contribution in [0.25, 0.3) is 73.3 Å². The van der Waals surface area contributed by atoms with Gasteiger partial charge in [0.05, 0.1) is 11.0 Å². The first-order valence-electron chi connectivity index (χ1n) is 21.4. The first kappa shape index (κ1) is 38.5. The smallest absolute Gasteiger partial charge is 0.145 e. The van der Waals surface area contributed by atoms with E-state index in [0.717, 1.165) is 61.9 Å². The van der Waals surface area contributed by atoms with Gasteiger partial charge in [0.1, 0.15) is 5.82 Å². The summed E-state index contributed by atoms with van der Waals surface area (Å²) in [6, 6.07) is 72.0. The Morgan fingerprint density at radius 1 is 0.403 bits per heavy atom. The topological polar surface area (TPSA) is 21.1 Å². The number of benzene rings is 9. The van der Waals surface area contributed by atoms with Gasteiger partial charge in [-0.05, 0) is 109 Å². The molecule has 0 unspecified atom stereocenters. The number of rotatable bonds is 9. The average molecular weight is 798 g/mol. The molecular formula is C59H47N3. The summed E-state index contributed by atoms with van der Waals surface area (Å²) < 4.78 is 2.39. The second kappa shape index (κ2) is 16.4. The largest absolute Gasteiger partial charge is 0.311 e. The lowest BCUT2D eigenvalue weighted by Gasteiger charge is -2.25. The van der Waals surface area contributed by atoms with Gasteiger partial charge in [0.15, 0.2) is 0 Å². The lowest BCUT2D eigenvalue weighted by atomic mass is 9.88. The standard InChI is InChI=1S/C59H47N3/c1-40-34-41(2)37-47(36-40)55-53-22-14-15-23-54(53)56(48-38-42(3)35-43(4)39-48)58-57(55)60-59(62(58)51-20-12-7-13-21-51)46-30-26-44(27-31-46)24-25-45-28-32-52(33-29-45)61(49-16-8-5-9-17-49)50-18-10-6-11-19-50/h5-39H,1-4H3. The van der Waals surface area contributed by atoms with Crippen LogP contribution in [0.4, 0.5) is 17.1 Å². The molecule has 0 saturated carbocycles. The van der Waals surface area contributed by atoms with Crippen LogP contribution >= 0.6 is 0 Å². The van der Waals surface area contributed by atoms with E-state index >= 15 is 0 Å². The first-order valence-corrected chi connectivity index (χ1v) is 21.4. The highest BCUT2D eigenvalue weighted by Gasteiger charge is 2.25. The van der Waals surface area contributed by atoms with E-state index in [-0.39, 0.29) is 0 Å². The lowest BCUT2D eigenvalue weighted by Crippen LogP contribution is -2.09. The minimum Gasteiger partial charge on any atom is -0.311 e. The quantitative estimate of drug-likeness (QED) is 0.136. The lowest BCUT2D eigenvalue weighted by molar-refractivity contribution is 1.10. The molecule has 0 aliphatic heterocycles. The van der Waals surface area contributed by atoms with E-state index in [4.69, 9.17) is 4.98 Å². The van der Waals surface area contributed by atoms with Gasteiger partial charge in [-0.2, -0.15) is 0 Å². The van der Waals surface area contributed by atoms with E-state index in [0.29, 0.717) is 0 Å². The monoisotopic (exact) mass is 797 g/mol. The zero-order chi connectivity index (χ0) is 42.2. The normalized spacial score (nSPS) is 11.5. The maximum absolute atomic E-state index is 5.71. The summed E-state index contributed by atoms with van der Waals surface area (Å²) >= 11 is 0. The van der Waals surface area contributed by atoms with Crippen LogP contribution in [0.5, 0.6) is 0 Å². The average Bonchev–Trinajstić information content (AvgIpc) is 3.68. The zero-order valence-electron chi connectivity index (χ0n) is 35.5. The summed E-state index contributed by atoms with van der Waals surface area (Å²) in [6.45, 7) is 8.75. The summed E-state index contributed by atoms with van der Waals surface area (Å²) in [4.78, 5) is 7.99. The van der Waals surface area contributed by atoms with E-state index in [9.17, 15) is 0 Å². The van der Waals surface area contributed by atoms with Crippen molar-refractivity contribution in [2.75, 3.05) is 4.90 Å². The molecule has 10 aromatic rings. The molecule has 0 amide bonds. The van der Waals surface area contributed by atoms with Crippen LogP contribution in [0.15, 0.2) is 200 Å². The number of fused-ring (bicyclic) bond motifs is 2. The summed E-state index contributed by atoms with van der Waals surface area (Å²) in [6.07, 6.45) is 4.37. The zero-order valence-corrected chi connectivity index (χ0v) is 35.5. The molecule has 0 spiro atoms. The van der Waals surface area contributed by atoms with Crippen molar-refractivity contribution in [2.45, 2.75) is 27.7 Å². The van der Waals surface area contributed by atoms with Crippen LogP contribution in [0.1, 0.15) is 33.4 Å². The molecule has 3 heteroatoms. The summed E-state index contributed by atoms with van der Waals surface area (Å²) in [5.74, 6) is 0.908. The van der Waals surface area contributed by atoms with Crippen LogP contribution in [-0.2, 0) is 0 Å². The van der Waals surface area contributed by atoms with Gasteiger partial charge in [0.25, 0.3) is 0 Å². The first-order chi connectivity index (χ1) is 30.4. The fourth-order valence-electron chi connectivity index (χ4n) is 9.12. The molecule has 0 atom stereocenters. The van der Waals surface area contributed by atoms with Crippen molar-refractivity contribution >= 4 is 51.0 Å². The highest BCUT2D eigenvalue weighted by molar-refractivity contribution is 6.20. The van der Waals surface area contributed by atoms with E-state index in [2.05, 4.69) is 250 Å². The van der Waals surface area contributed by atoms with Crippen LogP contribution in [0, 0.1) is 27.7 Å². The van der Waals surface area contributed by atoms with Gasteiger partial charge < -0.3 is 4.90 Å². The van der Waals surface area contributed by atoms with Crippen molar-refractivity contribution in [3.05, 3.63) is 234 Å². The summed E-state index contributed by atoms with van der Waals surface area (Å²) in [5.41, 5.74) is 19.5. The van der Waals surface area contributed by atoms with Crippen molar-refractivity contribution < 1.29 is 0 Å². The maximum Gasteiger partial charge on any atom is 0.145 e. The number of hydrogen-bond donors (Lipinski definition) is 0. The molecule has 9 aromatic carbocycles. The van der Waals surface area contributed by atoms with Crippen molar-refractivity contribution in [1.82, 2.24) is 9.55 Å². The molecule has 10 rings (SSSR count). The molecule has 62 heavy (non-hydrogen) atoms. The summed E-state index contributed by atoms with van der Waals surface area (Å²) in [7, 11) is 0. The van der Waals surface area contributed by atoms with Crippen molar-refractivity contribution in [2.24, 2.45) is 0 Å². The molecule has 298 valence electrons. The molecule has 0 fully saturated rings. The van der Waals surface area contributed by atoms with Gasteiger partial charge in [-0.3, -0.25) is 4.57 Å². The van der Waals surface area contributed by atoms with Crippen LogP contribution in [0.3, 0.4) is 0 Å². The minimum atomic E-state index is 0.908. The predicted octanol–water partition coefficient (Wildman–Crippen LogP) is 16.1. The second-order valence-corrected chi connectivity index (χ2v) is 16.4. The molecule has 0 aliphatic rings. The van der Waals surface area contributed by atoms with Gasteiger partial charge in [-0.1, -0.05) is 186 Å². The molecule has 0 aliphatic carbocycles. The van der Waals surface area contributed by atoms with Crippen molar-refractivity contribution in [1.29, 1.82) is 0 Å². The molecule has 0 N–H and O–H groups in total. The third-order valence-corrected chi connectivity index (χ3v) is 11.7. The second-order valence-electron chi connectivity index (χ2n) is 16.4. The van der Waals surface area contributed by atoms with Crippen molar-refractivity contribution in [3.8, 4) is 39.3 Å². The number of hydrogen-bond acceptors (Lipinski definition) is 2. The predicted molar refractivity (Wildman–Crippen MR) is 264 cm³/mol. The molecule has 0 radical (unpaired) electrons. The highest BCUT2D eigenvalue weighted by Crippen LogP contribution is 2.46. The Bertz CT molecular complexity index is 3150. The Balaban J connectivity index is 1.10. The van der Waals surface area contributed by atoms with Crippen molar-refractivity contribution in [3.63, 3.8) is 0 Å².